The number of benzene rings is 3. The fraction of sp³-hybridized carbons (Fsp3) is 0.188. The number of aromatic hydroxyl groups is 2. The second kappa shape index (κ2) is 18.2. The van der Waals surface area contributed by atoms with Gasteiger partial charge in [0.05, 0.1) is 101 Å². The Bertz CT molecular complexity index is 2320. The molecule has 0 unspecified atom stereocenters. The van der Waals surface area contributed by atoms with Crippen LogP contribution in [0.4, 0.5) is 34.1 Å². The Hall–Kier alpha value is -8.58. The third-order valence-electron chi connectivity index (χ3n) is 7.44. The Morgan fingerprint density at radius 3 is 1.05 bits per heavy atom. The van der Waals surface area contributed by atoms with Gasteiger partial charge in [0.15, 0.2) is 0 Å². The van der Waals surface area contributed by atoms with Gasteiger partial charge in [0.1, 0.15) is 0 Å². The SMILES string of the molecule is CCOC(=O)c1cc2cc3cc(C(=O)OCC)c(C)nc3cc2nc1C.O=[N+]([O-])c1cc([N+](=O)[O-])c(O)c([N+](=O)[O-])c1.O=[N+]([O-])c1cc([N+](=O)[O-])c(O)c([N+](=O)[O-])c1. The van der Waals surface area contributed by atoms with Crippen molar-refractivity contribution in [1.82, 2.24) is 9.97 Å². The number of esters is 2. The van der Waals surface area contributed by atoms with E-state index in [1.807, 2.05) is 12.1 Å². The number of ether oxygens (including phenoxy) is 2. The van der Waals surface area contributed by atoms with Gasteiger partial charge in [-0.25, -0.2) is 9.59 Å². The quantitative estimate of drug-likeness (QED) is 0.0707. The molecule has 2 heterocycles. The first-order chi connectivity index (χ1) is 27.1. The number of nitro groups is 6. The molecule has 302 valence electrons. The number of carbonyl (C=O) groups excluding carboxylic acids is 2. The summed E-state index contributed by atoms with van der Waals surface area (Å²) in [5, 5.41) is 82.0. The predicted molar refractivity (Wildman–Crippen MR) is 195 cm³/mol. The van der Waals surface area contributed by atoms with E-state index >= 15 is 0 Å². The van der Waals surface area contributed by atoms with E-state index in [1.165, 1.54) is 0 Å². The second-order valence-electron chi connectivity index (χ2n) is 11.1. The van der Waals surface area contributed by atoms with Crippen LogP contribution in [0.3, 0.4) is 0 Å². The lowest BCUT2D eigenvalue weighted by molar-refractivity contribution is -0.404. The van der Waals surface area contributed by atoms with Crippen LogP contribution in [0.1, 0.15) is 46.0 Å². The minimum absolute atomic E-state index is 0.306. The molecule has 0 aliphatic carbocycles. The van der Waals surface area contributed by atoms with Gasteiger partial charge < -0.3 is 19.7 Å². The number of pyridine rings is 2. The van der Waals surface area contributed by atoms with Crippen LogP contribution < -0.4 is 0 Å². The number of phenols is 2. The standard InChI is InChI=1S/C20H20N2O4.2C6H3N3O7/c1-5-25-19(23)15-8-13-7-14-9-16(20(24)26-6-2)12(4)22-18(14)10-17(13)21-11(15)3;2*10-6-4(8(13)14)1-3(7(11)12)2-5(6)9(15)16/h7-10H,5-6H2,1-4H3;2*1-2,10H. The van der Waals surface area contributed by atoms with Crippen molar-refractivity contribution in [2.45, 2.75) is 27.7 Å². The zero-order valence-corrected chi connectivity index (χ0v) is 30.0. The summed E-state index contributed by atoms with van der Waals surface area (Å²) in [6.07, 6.45) is 0. The average molecular weight is 811 g/mol. The van der Waals surface area contributed by atoms with E-state index in [4.69, 9.17) is 19.7 Å². The molecule has 0 spiro atoms. The molecule has 0 aliphatic rings. The number of phenolic OH excluding ortho intramolecular Hbond substituents is 2. The number of aromatic nitrogens is 2. The summed E-state index contributed by atoms with van der Waals surface area (Å²) in [7, 11) is 0. The van der Waals surface area contributed by atoms with Crippen molar-refractivity contribution in [2.24, 2.45) is 0 Å². The zero-order chi connectivity index (χ0) is 43.8. The first kappa shape index (κ1) is 43.8. The van der Waals surface area contributed by atoms with Crippen molar-refractivity contribution < 1.29 is 58.8 Å². The van der Waals surface area contributed by atoms with E-state index in [9.17, 15) is 70.3 Å². The zero-order valence-electron chi connectivity index (χ0n) is 30.0. The highest BCUT2D eigenvalue weighted by Gasteiger charge is 2.31. The van der Waals surface area contributed by atoms with Crippen molar-refractivity contribution in [3.8, 4) is 11.5 Å². The largest absolute Gasteiger partial charge is 0.497 e. The maximum absolute atomic E-state index is 12.1. The number of fused-ring (bicyclic) bond motifs is 2. The van der Waals surface area contributed by atoms with Gasteiger partial charge in [-0.1, -0.05) is 0 Å². The Labute approximate surface area is 320 Å². The maximum Gasteiger partial charge on any atom is 0.339 e. The molecule has 26 heteroatoms. The summed E-state index contributed by atoms with van der Waals surface area (Å²) in [5.41, 5.74) is -2.45. The summed E-state index contributed by atoms with van der Waals surface area (Å²) < 4.78 is 10.2. The minimum Gasteiger partial charge on any atom is -0.497 e. The van der Waals surface area contributed by atoms with Crippen LogP contribution in [-0.2, 0) is 9.47 Å². The molecule has 0 fully saturated rings. The highest BCUT2D eigenvalue weighted by molar-refractivity contribution is 6.02. The molecule has 26 nitrogen and oxygen atoms in total. The van der Waals surface area contributed by atoms with Crippen LogP contribution in [-0.4, -0.2) is 74.9 Å². The predicted octanol–water partition coefficient (Wildman–Crippen LogP) is 5.99. The van der Waals surface area contributed by atoms with Crippen LogP contribution >= 0.6 is 0 Å². The minimum atomic E-state index is -1.21. The fourth-order valence-electron chi connectivity index (χ4n) is 4.82. The molecule has 5 aromatic rings. The average Bonchev–Trinajstić information content (AvgIpc) is 3.13. The van der Waals surface area contributed by atoms with Gasteiger partial charge in [0.25, 0.3) is 22.9 Å². The van der Waals surface area contributed by atoms with E-state index in [0.717, 1.165) is 21.8 Å². The lowest BCUT2D eigenvalue weighted by Gasteiger charge is -2.10. The Kier molecular flexibility index (Phi) is 13.7. The van der Waals surface area contributed by atoms with Gasteiger partial charge in [0, 0.05) is 10.8 Å². The number of rotatable bonds is 10. The lowest BCUT2D eigenvalue weighted by Crippen LogP contribution is -2.09. The van der Waals surface area contributed by atoms with Crippen molar-refractivity contribution in [3.63, 3.8) is 0 Å². The summed E-state index contributed by atoms with van der Waals surface area (Å²) in [6, 6.07) is 9.04. The van der Waals surface area contributed by atoms with E-state index in [2.05, 4.69) is 9.97 Å². The smallest absolute Gasteiger partial charge is 0.339 e. The van der Waals surface area contributed by atoms with Crippen LogP contribution in [0, 0.1) is 74.5 Å². The molecule has 0 amide bonds. The summed E-state index contributed by atoms with van der Waals surface area (Å²) in [4.78, 5) is 88.8. The number of hydrogen-bond donors (Lipinski definition) is 2. The fourth-order valence-corrected chi connectivity index (χ4v) is 4.82. The summed E-state index contributed by atoms with van der Waals surface area (Å²) in [6.45, 7) is 7.69. The first-order valence-corrected chi connectivity index (χ1v) is 15.8. The van der Waals surface area contributed by atoms with Crippen molar-refractivity contribution in [2.75, 3.05) is 13.2 Å². The lowest BCUT2D eigenvalue weighted by atomic mass is 10.0. The topological polar surface area (TPSA) is 378 Å². The molecule has 0 atom stereocenters. The highest BCUT2D eigenvalue weighted by atomic mass is 16.7. The number of aryl methyl sites for hydroxylation is 2. The van der Waals surface area contributed by atoms with Gasteiger partial charge >= 0.3 is 34.7 Å². The van der Waals surface area contributed by atoms with Gasteiger partial charge in [0.2, 0.25) is 0 Å². The number of non-ortho nitro benzene ring substituents is 2. The van der Waals surface area contributed by atoms with E-state index in [0.29, 0.717) is 60.0 Å². The monoisotopic (exact) mass is 810 g/mol. The maximum atomic E-state index is 12.1. The number of nitrogens with zero attached hydrogens (tertiary/aromatic N) is 8. The molecule has 2 aromatic heterocycles. The van der Waals surface area contributed by atoms with Crippen LogP contribution in [0.15, 0.2) is 48.5 Å². The van der Waals surface area contributed by atoms with Crippen molar-refractivity contribution >= 4 is 67.9 Å². The Morgan fingerprint density at radius 1 is 0.517 bits per heavy atom. The van der Waals surface area contributed by atoms with E-state index < -0.39 is 87.1 Å². The Balaban J connectivity index is 0.000000246. The number of nitro benzene ring substituents is 6. The second-order valence-corrected chi connectivity index (χ2v) is 11.1. The summed E-state index contributed by atoms with van der Waals surface area (Å²) in [5.74, 6) is -3.20. The number of hydrogen-bond acceptors (Lipinski definition) is 20. The molecule has 3 aromatic carbocycles. The molecule has 0 saturated heterocycles. The van der Waals surface area contributed by atoms with Crippen LogP contribution in [0.25, 0.3) is 21.8 Å². The molecule has 2 N–H and O–H groups in total. The molecular formula is C32H26N8O18. The van der Waals surface area contributed by atoms with Crippen LogP contribution in [0.2, 0.25) is 0 Å². The van der Waals surface area contributed by atoms with Crippen LogP contribution in [0.5, 0.6) is 11.5 Å². The highest BCUT2D eigenvalue weighted by Crippen LogP contribution is 2.40. The van der Waals surface area contributed by atoms with Gasteiger partial charge in [-0.3, -0.25) is 70.7 Å². The normalized spacial score (nSPS) is 10.3. The molecule has 0 radical (unpaired) electrons. The first-order valence-electron chi connectivity index (χ1n) is 15.8. The van der Waals surface area contributed by atoms with E-state index in [1.54, 1.807) is 39.8 Å². The molecule has 0 saturated carbocycles. The number of carbonyl (C=O) groups is 2. The third-order valence-corrected chi connectivity index (χ3v) is 7.44. The summed E-state index contributed by atoms with van der Waals surface area (Å²) >= 11 is 0. The van der Waals surface area contributed by atoms with Crippen molar-refractivity contribution in [3.05, 3.63) is 132 Å². The molecule has 0 bridgehead atoms. The Morgan fingerprint density at radius 2 is 0.810 bits per heavy atom. The molecular weight excluding hydrogens is 784 g/mol. The third kappa shape index (κ3) is 9.93. The van der Waals surface area contributed by atoms with Gasteiger partial charge in [-0.15, -0.1) is 0 Å². The molecule has 58 heavy (non-hydrogen) atoms. The van der Waals surface area contributed by atoms with E-state index in [-0.39, 0.29) is 0 Å². The molecule has 5 rings (SSSR count). The molecule has 0 aliphatic heterocycles. The van der Waals surface area contributed by atoms with Gasteiger partial charge in [-0.05, 0) is 52.0 Å². The van der Waals surface area contributed by atoms with Crippen molar-refractivity contribution in [1.29, 1.82) is 0 Å². The van der Waals surface area contributed by atoms with Gasteiger partial charge in [-0.2, -0.15) is 0 Å².